The van der Waals surface area contributed by atoms with Crippen molar-refractivity contribution < 1.29 is 14.3 Å². The smallest absolute Gasteiger partial charge is 0.228 e. The van der Waals surface area contributed by atoms with Crippen LogP contribution in [0, 0.1) is 5.92 Å². The molecule has 7 heteroatoms. The van der Waals surface area contributed by atoms with Gasteiger partial charge in [0.1, 0.15) is 5.75 Å². The first-order valence-corrected chi connectivity index (χ1v) is 10.2. The second-order valence-corrected chi connectivity index (χ2v) is 7.78. The van der Waals surface area contributed by atoms with E-state index in [-0.39, 0.29) is 24.2 Å². The molecule has 2 aliphatic rings. The number of methoxy groups -OCH3 is 1. The van der Waals surface area contributed by atoms with Crippen molar-refractivity contribution >= 4 is 34.8 Å². The Balaban J connectivity index is 1.37. The molecule has 2 aliphatic heterocycles. The van der Waals surface area contributed by atoms with Crippen LogP contribution in [0.4, 0.5) is 11.4 Å². The first kappa shape index (κ1) is 19.6. The molecule has 1 atom stereocenters. The molecule has 2 fully saturated rings. The topological polar surface area (TPSA) is 53.1 Å². The van der Waals surface area contributed by atoms with Crippen LogP contribution in [0.3, 0.4) is 0 Å². The zero-order chi connectivity index (χ0) is 20.4. The van der Waals surface area contributed by atoms with E-state index in [1.165, 1.54) is 0 Å². The van der Waals surface area contributed by atoms with E-state index in [1.54, 1.807) is 18.1 Å². The molecule has 0 unspecified atom stereocenters. The molecule has 0 spiro atoms. The van der Waals surface area contributed by atoms with Crippen molar-refractivity contribution in [2.75, 3.05) is 49.6 Å². The zero-order valence-corrected chi connectivity index (χ0v) is 17.1. The average Bonchev–Trinajstić information content (AvgIpc) is 3.15. The number of benzene rings is 2. The summed E-state index contributed by atoms with van der Waals surface area (Å²) in [6.45, 7) is 3.19. The van der Waals surface area contributed by atoms with E-state index in [4.69, 9.17) is 16.3 Å². The predicted molar refractivity (Wildman–Crippen MR) is 114 cm³/mol. The van der Waals surface area contributed by atoms with Crippen molar-refractivity contribution in [2.24, 2.45) is 5.92 Å². The van der Waals surface area contributed by atoms with Gasteiger partial charge in [0.05, 0.1) is 23.7 Å². The van der Waals surface area contributed by atoms with Crippen LogP contribution in [0.25, 0.3) is 0 Å². The lowest BCUT2D eigenvalue weighted by Gasteiger charge is -2.37. The molecule has 2 aromatic rings. The summed E-state index contributed by atoms with van der Waals surface area (Å²) in [4.78, 5) is 31.3. The van der Waals surface area contributed by atoms with Crippen LogP contribution in [0.2, 0.25) is 5.02 Å². The van der Waals surface area contributed by atoms with Crippen molar-refractivity contribution in [1.29, 1.82) is 0 Å². The number of carbonyl (C=O) groups is 2. The molecule has 2 heterocycles. The largest absolute Gasteiger partial charge is 0.497 e. The van der Waals surface area contributed by atoms with E-state index < -0.39 is 0 Å². The van der Waals surface area contributed by atoms with Crippen LogP contribution in [-0.2, 0) is 9.59 Å². The Labute approximate surface area is 175 Å². The highest BCUT2D eigenvalue weighted by Crippen LogP contribution is 2.32. The van der Waals surface area contributed by atoms with Crippen molar-refractivity contribution in [2.45, 2.75) is 6.42 Å². The predicted octanol–water partition coefficient (Wildman–Crippen LogP) is 3.05. The standard InChI is InChI=1S/C22H24ClN3O3/c1-29-18-6-4-5-17(14-18)24-9-11-25(12-10-24)22(28)16-13-21(27)26(15-16)20-8-3-2-7-19(20)23/h2-8,14,16H,9-13,15H2,1H3/t16-/m1/s1. The number of rotatable bonds is 4. The number of amides is 2. The molecule has 2 amide bonds. The van der Waals surface area contributed by atoms with Gasteiger partial charge in [0.2, 0.25) is 11.8 Å². The Morgan fingerprint density at radius 1 is 1.07 bits per heavy atom. The van der Waals surface area contributed by atoms with Gasteiger partial charge in [0, 0.05) is 50.9 Å². The third-order valence-electron chi connectivity index (χ3n) is 5.63. The third kappa shape index (κ3) is 4.03. The molecular formula is C22H24ClN3O3. The molecule has 29 heavy (non-hydrogen) atoms. The second kappa shape index (κ2) is 8.33. The highest BCUT2D eigenvalue weighted by molar-refractivity contribution is 6.33. The molecule has 6 nitrogen and oxygen atoms in total. The summed E-state index contributed by atoms with van der Waals surface area (Å²) in [6.07, 6.45) is 0.236. The SMILES string of the molecule is COc1cccc(N2CCN(C(=O)[C@@H]3CC(=O)N(c4ccccc4Cl)C3)CC2)c1. The maximum absolute atomic E-state index is 13.0. The van der Waals surface area contributed by atoms with Gasteiger partial charge in [-0.25, -0.2) is 0 Å². The van der Waals surface area contributed by atoms with Crippen LogP contribution in [0.1, 0.15) is 6.42 Å². The Hall–Kier alpha value is -2.73. The first-order valence-electron chi connectivity index (χ1n) is 9.79. The number of halogens is 1. The Morgan fingerprint density at radius 2 is 1.83 bits per heavy atom. The minimum absolute atomic E-state index is 0.0496. The van der Waals surface area contributed by atoms with Crippen LogP contribution >= 0.6 is 11.6 Å². The average molecular weight is 414 g/mol. The van der Waals surface area contributed by atoms with Crippen LogP contribution < -0.4 is 14.5 Å². The van der Waals surface area contributed by atoms with E-state index in [1.807, 2.05) is 41.3 Å². The molecule has 0 saturated carbocycles. The Bertz CT molecular complexity index is 912. The number of para-hydroxylation sites is 1. The highest BCUT2D eigenvalue weighted by Gasteiger charge is 2.38. The van der Waals surface area contributed by atoms with Gasteiger partial charge in [-0.2, -0.15) is 0 Å². The number of ether oxygens (including phenoxy) is 1. The summed E-state index contributed by atoms with van der Waals surface area (Å²) in [5.74, 6) is 0.511. The van der Waals surface area contributed by atoms with Gasteiger partial charge >= 0.3 is 0 Å². The second-order valence-electron chi connectivity index (χ2n) is 7.37. The summed E-state index contributed by atoms with van der Waals surface area (Å²) < 4.78 is 5.30. The van der Waals surface area contributed by atoms with Crippen molar-refractivity contribution in [3.8, 4) is 5.75 Å². The summed E-state index contributed by atoms with van der Waals surface area (Å²) in [5, 5.41) is 0.529. The lowest BCUT2D eigenvalue weighted by Crippen LogP contribution is -2.50. The normalized spacial score (nSPS) is 19.6. The summed E-state index contributed by atoms with van der Waals surface area (Å²) in [6, 6.07) is 15.2. The molecule has 0 N–H and O–H groups in total. The molecular weight excluding hydrogens is 390 g/mol. The quantitative estimate of drug-likeness (QED) is 0.773. The molecule has 0 radical (unpaired) electrons. The monoisotopic (exact) mass is 413 g/mol. The molecule has 2 aromatic carbocycles. The number of piperazine rings is 1. The first-order chi connectivity index (χ1) is 14.1. The van der Waals surface area contributed by atoms with Gasteiger partial charge in [0.15, 0.2) is 0 Å². The number of anilines is 2. The lowest BCUT2D eigenvalue weighted by molar-refractivity contribution is -0.136. The van der Waals surface area contributed by atoms with Crippen LogP contribution in [0.5, 0.6) is 5.75 Å². The van der Waals surface area contributed by atoms with Crippen molar-refractivity contribution in [3.05, 3.63) is 53.6 Å². The van der Waals surface area contributed by atoms with E-state index in [0.29, 0.717) is 30.3 Å². The lowest BCUT2D eigenvalue weighted by atomic mass is 10.1. The highest BCUT2D eigenvalue weighted by atomic mass is 35.5. The minimum Gasteiger partial charge on any atom is -0.497 e. The van der Waals surface area contributed by atoms with Crippen molar-refractivity contribution in [1.82, 2.24) is 4.90 Å². The zero-order valence-electron chi connectivity index (χ0n) is 16.4. The maximum Gasteiger partial charge on any atom is 0.228 e. The number of carbonyl (C=O) groups excluding carboxylic acids is 2. The van der Waals surface area contributed by atoms with Gasteiger partial charge in [-0.1, -0.05) is 29.8 Å². The van der Waals surface area contributed by atoms with E-state index in [2.05, 4.69) is 11.0 Å². The summed E-state index contributed by atoms with van der Waals surface area (Å²) in [5.41, 5.74) is 1.77. The molecule has 4 rings (SSSR count). The van der Waals surface area contributed by atoms with Crippen LogP contribution in [-0.4, -0.2) is 56.5 Å². The van der Waals surface area contributed by atoms with Gasteiger partial charge < -0.3 is 19.4 Å². The minimum atomic E-state index is -0.317. The van der Waals surface area contributed by atoms with Gasteiger partial charge in [0.25, 0.3) is 0 Å². The van der Waals surface area contributed by atoms with Gasteiger partial charge in [-0.05, 0) is 24.3 Å². The fraction of sp³-hybridized carbons (Fsp3) is 0.364. The maximum atomic E-state index is 13.0. The molecule has 2 saturated heterocycles. The Kier molecular flexibility index (Phi) is 5.62. The van der Waals surface area contributed by atoms with Gasteiger partial charge in [-0.3, -0.25) is 9.59 Å². The molecule has 0 aliphatic carbocycles. The fourth-order valence-electron chi connectivity index (χ4n) is 4.03. The molecule has 0 aromatic heterocycles. The number of nitrogens with zero attached hydrogens (tertiary/aromatic N) is 3. The van der Waals surface area contributed by atoms with E-state index in [0.717, 1.165) is 24.5 Å². The number of hydrogen-bond donors (Lipinski definition) is 0. The summed E-state index contributed by atoms with van der Waals surface area (Å²) >= 11 is 6.24. The van der Waals surface area contributed by atoms with E-state index >= 15 is 0 Å². The fourth-order valence-corrected chi connectivity index (χ4v) is 4.26. The number of hydrogen-bond acceptors (Lipinski definition) is 4. The third-order valence-corrected chi connectivity index (χ3v) is 5.95. The summed E-state index contributed by atoms with van der Waals surface area (Å²) in [7, 11) is 1.66. The van der Waals surface area contributed by atoms with Crippen LogP contribution in [0.15, 0.2) is 48.5 Å². The Morgan fingerprint density at radius 3 is 2.55 bits per heavy atom. The molecule has 0 bridgehead atoms. The van der Waals surface area contributed by atoms with Crippen molar-refractivity contribution in [3.63, 3.8) is 0 Å². The molecule has 152 valence electrons. The van der Waals surface area contributed by atoms with Gasteiger partial charge in [-0.15, -0.1) is 0 Å². The van der Waals surface area contributed by atoms with E-state index in [9.17, 15) is 9.59 Å².